The van der Waals surface area contributed by atoms with Gasteiger partial charge in [0.2, 0.25) is 5.91 Å². The fourth-order valence-corrected chi connectivity index (χ4v) is 4.11. The van der Waals surface area contributed by atoms with E-state index in [-0.39, 0.29) is 0 Å². The normalized spacial score (nSPS) is 30.9. The number of carbonyl (C=O) groups excluding carboxylic acids is 1. The maximum atomic E-state index is 12.4. The van der Waals surface area contributed by atoms with Crippen LogP contribution in [0.5, 0.6) is 0 Å². The summed E-state index contributed by atoms with van der Waals surface area (Å²) >= 11 is 0. The molecule has 3 fully saturated rings. The predicted molar refractivity (Wildman–Crippen MR) is 80.5 cm³/mol. The first-order chi connectivity index (χ1) is 9.70. The van der Waals surface area contributed by atoms with Gasteiger partial charge in [0.25, 0.3) is 0 Å². The lowest BCUT2D eigenvalue weighted by atomic mass is 9.91. The highest BCUT2D eigenvalue weighted by atomic mass is 16.2. The van der Waals surface area contributed by atoms with Gasteiger partial charge in [0, 0.05) is 18.5 Å². The summed E-state index contributed by atoms with van der Waals surface area (Å²) in [7, 11) is 0. The van der Waals surface area contributed by atoms with E-state index in [0.29, 0.717) is 23.3 Å². The molecule has 2 saturated heterocycles. The van der Waals surface area contributed by atoms with Gasteiger partial charge in [0.1, 0.15) is 0 Å². The molecule has 114 valence electrons. The lowest BCUT2D eigenvalue weighted by Gasteiger charge is -2.29. The molecule has 4 heteroatoms. The van der Waals surface area contributed by atoms with Crippen molar-refractivity contribution in [2.75, 3.05) is 32.7 Å². The van der Waals surface area contributed by atoms with E-state index in [0.717, 1.165) is 26.1 Å². The quantitative estimate of drug-likeness (QED) is 0.817. The van der Waals surface area contributed by atoms with E-state index < -0.39 is 0 Å². The first-order valence-corrected chi connectivity index (χ1v) is 8.43. The highest BCUT2D eigenvalue weighted by Gasteiger charge is 2.57. The standard InChI is InChI=1S/C16H29N3O/c1-13(12-19-9-3-2-4-10-19)18-15(20)14-11-16(14)5-7-17-8-6-16/h13-14,17H,2-12H2,1H3,(H,18,20). The molecule has 2 aliphatic heterocycles. The zero-order valence-corrected chi connectivity index (χ0v) is 12.8. The number of likely N-dealkylation sites (tertiary alicyclic amines) is 1. The van der Waals surface area contributed by atoms with Crippen LogP contribution in [0.25, 0.3) is 0 Å². The second kappa shape index (κ2) is 6.02. The Labute approximate surface area is 122 Å². The molecule has 2 atom stereocenters. The van der Waals surface area contributed by atoms with E-state index in [9.17, 15) is 4.79 Å². The summed E-state index contributed by atoms with van der Waals surface area (Å²) in [5, 5.41) is 6.66. The topological polar surface area (TPSA) is 44.4 Å². The minimum atomic E-state index is 0.292. The van der Waals surface area contributed by atoms with E-state index in [1.165, 1.54) is 45.2 Å². The van der Waals surface area contributed by atoms with E-state index in [4.69, 9.17) is 0 Å². The van der Waals surface area contributed by atoms with Gasteiger partial charge in [-0.1, -0.05) is 6.42 Å². The monoisotopic (exact) mass is 279 g/mol. The average Bonchev–Trinajstić information content (AvgIpc) is 3.14. The molecule has 2 N–H and O–H groups in total. The van der Waals surface area contributed by atoms with Crippen LogP contribution in [0.2, 0.25) is 0 Å². The number of rotatable bonds is 4. The van der Waals surface area contributed by atoms with Crippen molar-refractivity contribution in [1.29, 1.82) is 0 Å². The van der Waals surface area contributed by atoms with Gasteiger partial charge < -0.3 is 15.5 Å². The Morgan fingerprint density at radius 2 is 2.00 bits per heavy atom. The Balaban J connectivity index is 1.42. The number of nitrogens with zero attached hydrogens (tertiary/aromatic N) is 1. The van der Waals surface area contributed by atoms with Crippen molar-refractivity contribution in [3.8, 4) is 0 Å². The summed E-state index contributed by atoms with van der Waals surface area (Å²) in [5.74, 6) is 0.616. The molecule has 1 spiro atoms. The number of carbonyl (C=O) groups is 1. The number of amides is 1. The second-order valence-electron chi connectivity index (χ2n) is 7.14. The SMILES string of the molecule is CC(CN1CCCCC1)NC(=O)C1CC12CCNCC2. The summed E-state index contributed by atoms with van der Waals surface area (Å²) < 4.78 is 0. The van der Waals surface area contributed by atoms with Crippen LogP contribution in [-0.2, 0) is 4.79 Å². The Hall–Kier alpha value is -0.610. The van der Waals surface area contributed by atoms with Gasteiger partial charge in [0.15, 0.2) is 0 Å². The van der Waals surface area contributed by atoms with Crippen molar-refractivity contribution in [2.24, 2.45) is 11.3 Å². The minimum absolute atomic E-state index is 0.292. The summed E-state index contributed by atoms with van der Waals surface area (Å²) in [6.45, 7) is 7.77. The molecule has 0 bridgehead atoms. The van der Waals surface area contributed by atoms with Crippen LogP contribution in [0.15, 0.2) is 0 Å². The Kier molecular flexibility index (Phi) is 4.32. The van der Waals surface area contributed by atoms with Crippen molar-refractivity contribution >= 4 is 5.91 Å². The summed E-state index contributed by atoms with van der Waals surface area (Å²) in [6.07, 6.45) is 7.50. The Morgan fingerprint density at radius 3 is 2.70 bits per heavy atom. The average molecular weight is 279 g/mol. The molecule has 3 aliphatic rings. The van der Waals surface area contributed by atoms with E-state index in [2.05, 4.69) is 22.5 Å². The number of hydrogen-bond acceptors (Lipinski definition) is 3. The maximum absolute atomic E-state index is 12.4. The van der Waals surface area contributed by atoms with E-state index in [1.54, 1.807) is 0 Å². The molecule has 4 nitrogen and oxygen atoms in total. The lowest BCUT2D eigenvalue weighted by molar-refractivity contribution is -0.124. The molecule has 2 unspecified atom stereocenters. The molecule has 0 aromatic rings. The first kappa shape index (κ1) is 14.3. The molecule has 0 aromatic heterocycles. The summed E-state index contributed by atoms with van der Waals surface area (Å²) in [6, 6.07) is 0.292. The van der Waals surface area contributed by atoms with Crippen molar-refractivity contribution in [1.82, 2.24) is 15.5 Å². The molecule has 1 amide bonds. The zero-order valence-electron chi connectivity index (χ0n) is 12.8. The fourth-order valence-electron chi connectivity index (χ4n) is 4.11. The van der Waals surface area contributed by atoms with Gasteiger partial charge in [-0.2, -0.15) is 0 Å². The van der Waals surface area contributed by atoms with Crippen molar-refractivity contribution in [3.05, 3.63) is 0 Å². The van der Waals surface area contributed by atoms with Crippen molar-refractivity contribution in [3.63, 3.8) is 0 Å². The van der Waals surface area contributed by atoms with Crippen LogP contribution in [0.3, 0.4) is 0 Å². The van der Waals surface area contributed by atoms with Crippen molar-refractivity contribution in [2.45, 2.75) is 51.5 Å². The fraction of sp³-hybridized carbons (Fsp3) is 0.938. The third-order valence-electron chi connectivity index (χ3n) is 5.47. The molecular formula is C16H29N3O. The number of piperidine rings is 2. The van der Waals surface area contributed by atoms with Crippen LogP contribution in [0, 0.1) is 11.3 Å². The van der Waals surface area contributed by atoms with Gasteiger partial charge >= 0.3 is 0 Å². The predicted octanol–water partition coefficient (Wildman–Crippen LogP) is 1.37. The molecule has 0 radical (unpaired) electrons. The van der Waals surface area contributed by atoms with Gasteiger partial charge in [-0.3, -0.25) is 4.79 Å². The van der Waals surface area contributed by atoms with E-state index in [1.807, 2.05) is 0 Å². The van der Waals surface area contributed by atoms with Gasteiger partial charge in [-0.25, -0.2) is 0 Å². The summed E-state index contributed by atoms with van der Waals surface area (Å²) in [5.41, 5.74) is 0.361. The zero-order chi connectivity index (χ0) is 14.0. The molecule has 3 rings (SSSR count). The molecule has 1 saturated carbocycles. The Morgan fingerprint density at radius 1 is 1.30 bits per heavy atom. The highest BCUT2D eigenvalue weighted by molar-refractivity contribution is 5.82. The highest BCUT2D eigenvalue weighted by Crippen LogP contribution is 2.58. The maximum Gasteiger partial charge on any atom is 0.223 e. The van der Waals surface area contributed by atoms with Crippen LogP contribution in [0.1, 0.15) is 45.4 Å². The third-order valence-corrected chi connectivity index (χ3v) is 5.47. The van der Waals surface area contributed by atoms with Crippen molar-refractivity contribution < 1.29 is 4.79 Å². The summed E-state index contributed by atoms with van der Waals surface area (Å²) in [4.78, 5) is 14.9. The van der Waals surface area contributed by atoms with Gasteiger partial charge in [0.05, 0.1) is 0 Å². The van der Waals surface area contributed by atoms with E-state index >= 15 is 0 Å². The second-order valence-corrected chi connectivity index (χ2v) is 7.14. The molecule has 20 heavy (non-hydrogen) atoms. The Bertz CT molecular complexity index is 346. The smallest absolute Gasteiger partial charge is 0.223 e. The van der Waals surface area contributed by atoms with Crippen LogP contribution in [-0.4, -0.2) is 49.6 Å². The molecule has 1 aliphatic carbocycles. The molecular weight excluding hydrogens is 250 g/mol. The molecule has 0 aromatic carbocycles. The van der Waals surface area contributed by atoms with Gasteiger partial charge in [-0.15, -0.1) is 0 Å². The van der Waals surface area contributed by atoms with Crippen LogP contribution in [0.4, 0.5) is 0 Å². The van der Waals surface area contributed by atoms with Crippen LogP contribution < -0.4 is 10.6 Å². The van der Waals surface area contributed by atoms with Crippen LogP contribution >= 0.6 is 0 Å². The largest absolute Gasteiger partial charge is 0.352 e. The molecule has 2 heterocycles. The number of hydrogen-bond donors (Lipinski definition) is 2. The third kappa shape index (κ3) is 3.17. The lowest BCUT2D eigenvalue weighted by Crippen LogP contribution is -2.45. The minimum Gasteiger partial charge on any atom is -0.352 e. The number of nitrogens with one attached hydrogen (secondary N) is 2. The van der Waals surface area contributed by atoms with Gasteiger partial charge in [-0.05, 0) is 70.6 Å². The first-order valence-electron chi connectivity index (χ1n) is 8.43.